The molecule has 96 valence electrons. The minimum absolute atomic E-state index is 0.137. The van der Waals surface area contributed by atoms with Crippen LogP contribution in [-0.2, 0) is 0 Å². The predicted octanol–water partition coefficient (Wildman–Crippen LogP) is 1.53. The van der Waals surface area contributed by atoms with Crippen LogP contribution in [0.25, 0.3) is 0 Å². The van der Waals surface area contributed by atoms with E-state index in [0.717, 1.165) is 19.5 Å². The van der Waals surface area contributed by atoms with Crippen LogP contribution in [0.1, 0.15) is 6.42 Å². The number of benzene rings is 1. The van der Waals surface area contributed by atoms with Crippen LogP contribution in [0.15, 0.2) is 18.2 Å². The summed E-state index contributed by atoms with van der Waals surface area (Å²) in [5.41, 5.74) is 0.0150. The maximum absolute atomic E-state index is 14.0. The average Bonchev–Trinajstić information content (AvgIpc) is 2.91. The molecule has 0 saturated carbocycles. The highest BCUT2D eigenvalue weighted by atomic mass is 19.1. The van der Waals surface area contributed by atoms with Crippen molar-refractivity contribution < 1.29 is 9.31 Å². The third-order valence-corrected chi connectivity index (χ3v) is 3.89. The van der Waals surface area contributed by atoms with E-state index in [1.807, 2.05) is 4.90 Å². The Morgan fingerprint density at radius 2 is 2.28 bits per heavy atom. The molecule has 0 spiro atoms. The van der Waals surface area contributed by atoms with Gasteiger partial charge in [-0.1, -0.05) is 6.07 Å². The zero-order valence-electron chi connectivity index (χ0n) is 9.80. The largest absolute Gasteiger partial charge is 0.359 e. The molecule has 0 unspecified atom stereocenters. The minimum atomic E-state index is -0.506. The number of rotatable bonds is 2. The summed E-state index contributed by atoms with van der Waals surface area (Å²) < 4.78 is 14.0. The Balaban J connectivity index is 2.03. The molecule has 2 fully saturated rings. The average molecular weight is 251 g/mol. The van der Waals surface area contributed by atoms with Crippen molar-refractivity contribution in [3.8, 4) is 0 Å². The summed E-state index contributed by atoms with van der Waals surface area (Å²) in [6, 6.07) is 4.23. The number of nitrogens with one attached hydrogen (secondary N) is 1. The molecular formula is C12H14FN3O2. The van der Waals surface area contributed by atoms with Gasteiger partial charge in [-0.3, -0.25) is 10.1 Å². The molecule has 0 bridgehead atoms. The van der Waals surface area contributed by atoms with E-state index in [4.69, 9.17) is 0 Å². The molecule has 1 aromatic carbocycles. The third kappa shape index (κ3) is 1.64. The molecule has 0 radical (unpaired) electrons. The highest BCUT2D eigenvalue weighted by Crippen LogP contribution is 2.38. The first-order valence-corrected chi connectivity index (χ1v) is 6.08. The molecular weight excluding hydrogens is 237 g/mol. The van der Waals surface area contributed by atoms with Crippen LogP contribution < -0.4 is 10.2 Å². The second kappa shape index (κ2) is 4.20. The summed E-state index contributed by atoms with van der Waals surface area (Å²) in [5, 5.41) is 14.3. The van der Waals surface area contributed by atoms with Gasteiger partial charge in [-0.25, -0.2) is 4.39 Å². The number of para-hydroxylation sites is 1. The molecule has 0 amide bonds. The summed E-state index contributed by atoms with van der Waals surface area (Å²) in [7, 11) is 0. The normalized spacial score (nSPS) is 26.4. The van der Waals surface area contributed by atoms with Gasteiger partial charge in [-0.05, 0) is 18.4 Å². The van der Waals surface area contributed by atoms with Gasteiger partial charge in [0.15, 0.2) is 11.5 Å². The summed E-state index contributed by atoms with van der Waals surface area (Å²) in [5.74, 6) is -0.0269. The number of anilines is 1. The van der Waals surface area contributed by atoms with E-state index in [1.54, 1.807) is 0 Å². The second-order valence-corrected chi connectivity index (χ2v) is 4.83. The number of halogens is 1. The van der Waals surface area contributed by atoms with Crippen LogP contribution in [-0.4, -0.2) is 30.6 Å². The fourth-order valence-electron chi connectivity index (χ4n) is 3.06. The van der Waals surface area contributed by atoms with Crippen LogP contribution in [0, 0.1) is 21.8 Å². The Labute approximate surface area is 104 Å². The van der Waals surface area contributed by atoms with Gasteiger partial charge in [0.2, 0.25) is 0 Å². The van der Waals surface area contributed by atoms with Crippen LogP contribution in [0.4, 0.5) is 15.8 Å². The Bertz CT molecular complexity index is 494. The first kappa shape index (κ1) is 11.4. The monoisotopic (exact) mass is 251 g/mol. The first-order valence-electron chi connectivity index (χ1n) is 6.08. The van der Waals surface area contributed by atoms with Crippen LogP contribution in [0.5, 0.6) is 0 Å². The molecule has 3 rings (SSSR count). The maximum atomic E-state index is 14.0. The number of nitrogens with zero attached hydrogens (tertiary/aromatic N) is 2. The zero-order valence-corrected chi connectivity index (χ0v) is 9.80. The lowest BCUT2D eigenvalue weighted by atomic mass is 10.0. The fraction of sp³-hybridized carbons (Fsp3) is 0.500. The Morgan fingerprint density at radius 1 is 1.44 bits per heavy atom. The van der Waals surface area contributed by atoms with Crippen molar-refractivity contribution >= 4 is 11.4 Å². The van der Waals surface area contributed by atoms with Crippen LogP contribution in [0.3, 0.4) is 0 Å². The van der Waals surface area contributed by atoms with Crippen molar-refractivity contribution in [2.75, 3.05) is 24.5 Å². The lowest BCUT2D eigenvalue weighted by molar-refractivity contribution is -0.384. The lowest BCUT2D eigenvalue weighted by Crippen LogP contribution is -2.35. The fourth-order valence-corrected chi connectivity index (χ4v) is 3.06. The van der Waals surface area contributed by atoms with Gasteiger partial charge >= 0.3 is 0 Å². The Kier molecular flexibility index (Phi) is 2.66. The minimum Gasteiger partial charge on any atom is -0.359 e. The van der Waals surface area contributed by atoms with Crippen LogP contribution >= 0.6 is 0 Å². The highest BCUT2D eigenvalue weighted by molar-refractivity contribution is 5.65. The lowest BCUT2D eigenvalue weighted by Gasteiger charge is -2.25. The quantitative estimate of drug-likeness (QED) is 0.639. The van der Waals surface area contributed by atoms with Crippen LogP contribution in [0.2, 0.25) is 0 Å². The molecule has 18 heavy (non-hydrogen) atoms. The number of nitro benzene ring substituents is 1. The summed E-state index contributed by atoms with van der Waals surface area (Å²) >= 11 is 0. The van der Waals surface area contributed by atoms with Gasteiger partial charge in [0.25, 0.3) is 5.69 Å². The standard InChI is InChI=1S/C12H14FN3O2/c13-9-2-1-3-10(16(17)18)12(9)15-5-4-8-6-14-7-11(8)15/h1-3,8,11,14H,4-7H2/t8-,11+/m0/s1. The van der Waals surface area contributed by atoms with Crippen molar-refractivity contribution in [1.29, 1.82) is 0 Å². The van der Waals surface area contributed by atoms with Gasteiger partial charge in [0.1, 0.15) is 0 Å². The maximum Gasteiger partial charge on any atom is 0.295 e. The predicted molar refractivity (Wildman–Crippen MR) is 65.2 cm³/mol. The van der Waals surface area contributed by atoms with Crippen molar-refractivity contribution in [3.63, 3.8) is 0 Å². The molecule has 6 heteroatoms. The van der Waals surface area contributed by atoms with E-state index >= 15 is 0 Å². The first-order chi connectivity index (χ1) is 8.68. The molecule has 1 aromatic rings. The Morgan fingerprint density at radius 3 is 3.06 bits per heavy atom. The molecule has 0 aromatic heterocycles. The number of hydrogen-bond acceptors (Lipinski definition) is 4. The van der Waals surface area contributed by atoms with E-state index in [-0.39, 0.29) is 17.4 Å². The third-order valence-electron chi connectivity index (χ3n) is 3.89. The van der Waals surface area contributed by atoms with Crippen molar-refractivity contribution in [2.24, 2.45) is 5.92 Å². The summed E-state index contributed by atoms with van der Waals surface area (Å²) in [6.07, 6.45) is 0.961. The topological polar surface area (TPSA) is 58.4 Å². The SMILES string of the molecule is O=[N+]([O-])c1cccc(F)c1N1CC[C@H]2CNC[C@H]21. The molecule has 5 nitrogen and oxygen atoms in total. The number of hydrogen-bond donors (Lipinski definition) is 1. The molecule has 2 heterocycles. The molecule has 0 aliphatic carbocycles. The van der Waals surface area contributed by atoms with Gasteiger partial charge in [-0.2, -0.15) is 0 Å². The molecule has 1 N–H and O–H groups in total. The Hall–Kier alpha value is -1.69. The van der Waals surface area contributed by atoms with Crippen molar-refractivity contribution in [2.45, 2.75) is 12.5 Å². The second-order valence-electron chi connectivity index (χ2n) is 4.83. The zero-order chi connectivity index (χ0) is 12.7. The molecule has 2 aliphatic heterocycles. The van der Waals surface area contributed by atoms with Crippen molar-refractivity contribution in [3.05, 3.63) is 34.1 Å². The smallest absolute Gasteiger partial charge is 0.295 e. The van der Waals surface area contributed by atoms with Gasteiger partial charge in [-0.15, -0.1) is 0 Å². The summed E-state index contributed by atoms with van der Waals surface area (Å²) in [6.45, 7) is 2.39. The van der Waals surface area contributed by atoms with Gasteiger partial charge < -0.3 is 10.2 Å². The van der Waals surface area contributed by atoms with E-state index in [2.05, 4.69) is 5.32 Å². The van der Waals surface area contributed by atoms with E-state index in [1.165, 1.54) is 18.2 Å². The van der Waals surface area contributed by atoms with Crippen molar-refractivity contribution in [1.82, 2.24) is 5.32 Å². The highest BCUT2D eigenvalue weighted by Gasteiger charge is 2.40. The number of fused-ring (bicyclic) bond motifs is 1. The summed E-state index contributed by atoms with van der Waals surface area (Å²) in [4.78, 5) is 12.4. The van der Waals surface area contributed by atoms with E-state index in [9.17, 15) is 14.5 Å². The van der Waals surface area contributed by atoms with Gasteiger partial charge in [0.05, 0.1) is 4.92 Å². The molecule has 2 atom stereocenters. The van der Waals surface area contributed by atoms with E-state index in [0.29, 0.717) is 12.5 Å². The molecule has 2 aliphatic rings. The van der Waals surface area contributed by atoms with E-state index < -0.39 is 10.7 Å². The number of nitro groups is 1. The molecule has 2 saturated heterocycles. The van der Waals surface area contributed by atoms with Gasteiger partial charge in [0, 0.05) is 31.7 Å².